The van der Waals surface area contributed by atoms with Gasteiger partial charge in [-0.05, 0) is 30.0 Å². The Morgan fingerprint density at radius 1 is 1.12 bits per heavy atom. The fourth-order valence-electron chi connectivity index (χ4n) is 4.24. The van der Waals surface area contributed by atoms with Gasteiger partial charge < -0.3 is 10.4 Å². The van der Waals surface area contributed by atoms with Crippen LogP contribution in [0.1, 0.15) is 18.1 Å². The van der Waals surface area contributed by atoms with Crippen molar-refractivity contribution in [3.8, 4) is 0 Å². The van der Waals surface area contributed by atoms with Gasteiger partial charge in [-0.3, -0.25) is 28.8 Å². The van der Waals surface area contributed by atoms with Crippen LogP contribution < -0.4 is 5.32 Å². The molecular weight excluding hydrogens is 462 g/mol. The fraction of sp³-hybridized carbons (Fsp3) is 0.261. The Kier molecular flexibility index (Phi) is 6.29. The van der Waals surface area contributed by atoms with Crippen molar-refractivity contribution in [1.29, 1.82) is 0 Å². The molecule has 2 N–H and O–H groups in total. The first-order valence-corrected chi connectivity index (χ1v) is 11.7. The van der Waals surface area contributed by atoms with Crippen LogP contribution in [0, 0.1) is 10.1 Å². The van der Waals surface area contributed by atoms with Gasteiger partial charge in [-0.1, -0.05) is 42.5 Å². The third-order valence-electron chi connectivity index (χ3n) is 5.95. The van der Waals surface area contributed by atoms with Crippen LogP contribution in [0.2, 0.25) is 0 Å². The third kappa shape index (κ3) is 4.21. The molecule has 0 spiro atoms. The van der Waals surface area contributed by atoms with Crippen molar-refractivity contribution < 1.29 is 28.6 Å². The number of carbonyl (C=O) groups is 3. The number of non-ortho nitro benzene ring substituents is 1. The Morgan fingerprint density at radius 3 is 2.35 bits per heavy atom. The van der Waals surface area contributed by atoms with Gasteiger partial charge in [0.2, 0.25) is 5.91 Å². The van der Waals surface area contributed by atoms with E-state index in [0.717, 1.165) is 10.5 Å². The van der Waals surface area contributed by atoms with Gasteiger partial charge in [-0.2, -0.15) is 0 Å². The molecule has 4 rings (SSSR count). The summed E-state index contributed by atoms with van der Waals surface area (Å²) in [5.41, 5.74) is 1.32. The molecule has 1 fully saturated rings. The Bertz CT molecular complexity index is 1230. The van der Waals surface area contributed by atoms with E-state index in [1.807, 2.05) is 6.07 Å². The number of nitrogens with zero attached hydrogens (tertiary/aromatic N) is 2. The van der Waals surface area contributed by atoms with Gasteiger partial charge in [-0.15, -0.1) is 0 Å². The van der Waals surface area contributed by atoms with E-state index in [-0.39, 0.29) is 29.8 Å². The quantitative estimate of drug-likeness (QED) is 0.345. The van der Waals surface area contributed by atoms with Crippen LogP contribution >= 0.6 is 0 Å². The number of amides is 2. The van der Waals surface area contributed by atoms with E-state index in [0.29, 0.717) is 5.56 Å². The Balaban J connectivity index is 1.57. The van der Waals surface area contributed by atoms with Crippen molar-refractivity contribution >= 4 is 34.3 Å². The number of carbonyl (C=O) groups excluding carboxylic acids is 2. The van der Waals surface area contributed by atoms with Gasteiger partial charge in [-0.25, -0.2) is 4.79 Å². The molecule has 0 saturated carbocycles. The Labute approximate surface area is 196 Å². The second-order valence-electron chi connectivity index (χ2n) is 8.09. The zero-order chi connectivity index (χ0) is 24.6. The maximum atomic E-state index is 13.5. The molecule has 0 bridgehead atoms. The lowest BCUT2D eigenvalue weighted by molar-refractivity contribution is -0.384. The number of rotatable bonds is 7. The standard InChI is InChI=1S/C23H21N3O7S/c1-13-17(11-15-7-9-16(10-8-15)26(31)32)34(33)22-19(21(28)25(22)20(13)23(29)30)24-18(27)12-14-5-3-2-4-6-14/h2-10,17,19,22H,11-12H2,1H3,(H,24,27)(H,29,30)/t17?,19?,22-,34?/m1/s1. The molecule has 34 heavy (non-hydrogen) atoms. The summed E-state index contributed by atoms with van der Waals surface area (Å²) in [6.07, 6.45) is 0.188. The number of β-lactam (4-membered cyclic amide) rings is 1. The number of carboxylic acid groups (broad SMARTS) is 1. The monoisotopic (exact) mass is 483 g/mol. The van der Waals surface area contributed by atoms with Crippen LogP contribution in [0.25, 0.3) is 0 Å². The van der Waals surface area contributed by atoms with Crippen LogP contribution in [-0.4, -0.2) is 53.6 Å². The van der Waals surface area contributed by atoms with Gasteiger partial charge in [0.1, 0.15) is 17.1 Å². The Hall–Kier alpha value is -3.86. The maximum Gasteiger partial charge on any atom is 0.352 e. The highest BCUT2D eigenvalue weighted by molar-refractivity contribution is 7.86. The predicted molar refractivity (Wildman–Crippen MR) is 122 cm³/mol. The van der Waals surface area contributed by atoms with E-state index < -0.39 is 50.2 Å². The average molecular weight is 484 g/mol. The molecule has 3 unspecified atom stereocenters. The number of nitro groups is 1. The molecular formula is C23H21N3O7S. The van der Waals surface area contributed by atoms with Gasteiger partial charge in [0.25, 0.3) is 11.6 Å². The number of nitro benzene ring substituents is 1. The molecule has 0 aromatic heterocycles. The summed E-state index contributed by atoms with van der Waals surface area (Å²) in [5.74, 6) is -2.38. The first-order valence-electron chi connectivity index (χ1n) is 10.4. The predicted octanol–water partition coefficient (Wildman–Crippen LogP) is 1.52. The van der Waals surface area contributed by atoms with E-state index in [2.05, 4.69) is 5.32 Å². The van der Waals surface area contributed by atoms with Crippen molar-refractivity contribution in [2.45, 2.75) is 36.4 Å². The lowest BCUT2D eigenvalue weighted by Crippen LogP contribution is -2.74. The first kappa shape index (κ1) is 23.3. The van der Waals surface area contributed by atoms with Gasteiger partial charge in [0.05, 0.1) is 27.4 Å². The molecule has 0 radical (unpaired) electrons. The zero-order valence-corrected chi connectivity index (χ0v) is 18.9. The number of hydrogen-bond acceptors (Lipinski definition) is 6. The van der Waals surface area contributed by atoms with E-state index in [9.17, 15) is 33.8 Å². The molecule has 10 nitrogen and oxygen atoms in total. The lowest BCUT2D eigenvalue weighted by Gasteiger charge is -2.50. The summed E-state index contributed by atoms with van der Waals surface area (Å²) in [5, 5.41) is 21.5. The van der Waals surface area contributed by atoms with Gasteiger partial charge >= 0.3 is 5.97 Å². The largest absolute Gasteiger partial charge is 0.477 e. The molecule has 176 valence electrons. The molecule has 11 heteroatoms. The van der Waals surface area contributed by atoms with Crippen LogP contribution in [0.4, 0.5) is 5.69 Å². The SMILES string of the molecule is CC1=C(C(=O)O)N2C(=O)C(NC(=O)Cc3ccccc3)[C@H]2S(=O)C1Cc1ccc([N+](=O)[O-])cc1. The summed E-state index contributed by atoms with van der Waals surface area (Å²) >= 11 is 0. The topological polar surface area (TPSA) is 147 Å². The number of benzene rings is 2. The van der Waals surface area contributed by atoms with Crippen molar-refractivity contribution in [3.63, 3.8) is 0 Å². The van der Waals surface area contributed by atoms with Gasteiger partial charge in [0.15, 0.2) is 0 Å². The van der Waals surface area contributed by atoms with Crippen LogP contribution in [0.3, 0.4) is 0 Å². The average Bonchev–Trinajstić information content (AvgIpc) is 2.81. The van der Waals surface area contributed by atoms with E-state index in [4.69, 9.17) is 0 Å². The summed E-state index contributed by atoms with van der Waals surface area (Å²) in [4.78, 5) is 48.6. The number of nitrogens with one attached hydrogen (secondary N) is 1. The molecule has 2 aromatic carbocycles. The minimum Gasteiger partial charge on any atom is -0.477 e. The lowest BCUT2D eigenvalue weighted by atomic mass is 9.98. The second kappa shape index (κ2) is 9.18. The molecule has 2 aliphatic rings. The normalized spacial score (nSPS) is 23.7. The molecule has 1 saturated heterocycles. The van der Waals surface area contributed by atoms with Crippen molar-refractivity contribution in [3.05, 3.63) is 87.1 Å². The number of hydrogen-bond donors (Lipinski definition) is 2. The smallest absolute Gasteiger partial charge is 0.352 e. The van der Waals surface area contributed by atoms with E-state index in [1.165, 1.54) is 31.2 Å². The Morgan fingerprint density at radius 2 is 1.76 bits per heavy atom. The highest BCUT2D eigenvalue weighted by atomic mass is 32.2. The van der Waals surface area contributed by atoms with Gasteiger partial charge in [0, 0.05) is 12.1 Å². The van der Waals surface area contributed by atoms with E-state index >= 15 is 0 Å². The second-order valence-corrected chi connectivity index (χ2v) is 9.80. The summed E-state index contributed by atoms with van der Waals surface area (Å²) in [7, 11) is -1.73. The zero-order valence-electron chi connectivity index (χ0n) is 18.0. The number of carboxylic acids is 1. The number of aliphatic carboxylic acids is 1. The van der Waals surface area contributed by atoms with Crippen LogP contribution in [-0.2, 0) is 38.0 Å². The minimum absolute atomic E-state index is 0.0247. The van der Waals surface area contributed by atoms with Crippen molar-refractivity contribution in [2.24, 2.45) is 0 Å². The fourth-order valence-corrected chi connectivity index (χ4v) is 6.26. The summed E-state index contributed by atoms with van der Waals surface area (Å²) in [6.45, 7) is 1.52. The number of fused-ring (bicyclic) bond motifs is 1. The first-order chi connectivity index (χ1) is 16.2. The molecule has 4 atom stereocenters. The molecule has 2 aliphatic heterocycles. The molecule has 0 aliphatic carbocycles. The molecule has 2 amide bonds. The molecule has 2 heterocycles. The highest BCUT2D eigenvalue weighted by Gasteiger charge is 2.58. The van der Waals surface area contributed by atoms with Crippen molar-refractivity contribution in [1.82, 2.24) is 10.2 Å². The van der Waals surface area contributed by atoms with Crippen LogP contribution in [0.5, 0.6) is 0 Å². The summed E-state index contributed by atoms with van der Waals surface area (Å²) in [6, 6.07) is 13.5. The minimum atomic E-state index is -1.73. The highest BCUT2D eigenvalue weighted by Crippen LogP contribution is 2.39. The third-order valence-corrected chi connectivity index (χ3v) is 7.99. The van der Waals surface area contributed by atoms with E-state index in [1.54, 1.807) is 24.3 Å². The van der Waals surface area contributed by atoms with Crippen LogP contribution in [0.15, 0.2) is 65.9 Å². The summed E-state index contributed by atoms with van der Waals surface area (Å²) < 4.78 is 13.5. The maximum absolute atomic E-state index is 13.5. The van der Waals surface area contributed by atoms with Crippen molar-refractivity contribution in [2.75, 3.05) is 0 Å². The molecule has 2 aromatic rings.